The molecule has 2 rings (SSSR count). The van der Waals surface area contributed by atoms with E-state index in [1.807, 2.05) is 0 Å². The summed E-state index contributed by atoms with van der Waals surface area (Å²) in [6.07, 6.45) is -0.867. The summed E-state index contributed by atoms with van der Waals surface area (Å²) in [5, 5.41) is 28.6. The zero-order chi connectivity index (χ0) is 11.0. The molecule has 1 heterocycles. The maximum atomic E-state index is 10.8. The molecule has 1 aromatic rings. The van der Waals surface area contributed by atoms with Gasteiger partial charge in [-0.1, -0.05) is 10.3 Å². The van der Waals surface area contributed by atoms with E-state index in [-0.39, 0.29) is 23.0 Å². The standard InChI is InChI=1S/C8H9N3O4/c1-3(12)9-4-2-5(13)6-7(8(4)14)11-15-10-6/h2,5,8,13-14H,1H3,(H,9,12). The normalized spacial score (nSPS) is 24.3. The predicted molar refractivity (Wildman–Crippen MR) is 46.1 cm³/mol. The third-order valence-corrected chi connectivity index (χ3v) is 2.03. The number of nitrogens with one attached hydrogen (secondary N) is 1. The zero-order valence-corrected chi connectivity index (χ0v) is 7.84. The van der Waals surface area contributed by atoms with Crippen molar-refractivity contribution in [1.29, 1.82) is 0 Å². The average molecular weight is 211 g/mol. The molecule has 1 aliphatic carbocycles. The lowest BCUT2D eigenvalue weighted by molar-refractivity contribution is -0.118. The van der Waals surface area contributed by atoms with Gasteiger partial charge >= 0.3 is 0 Å². The highest BCUT2D eigenvalue weighted by Gasteiger charge is 2.31. The van der Waals surface area contributed by atoms with Crippen LogP contribution in [0.1, 0.15) is 30.5 Å². The number of aliphatic hydroxyl groups is 2. The third-order valence-electron chi connectivity index (χ3n) is 2.03. The van der Waals surface area contributed by atoms with Gasteiger partial charge < -0.3 is 15.5 Å². The first-order chi connectivity index (χ1) is 7.09. The maximum Gasteiger partial charge on any atom is 0.221 e. The highest BCUT2D eigenvalue weighted by atomic mass is 16.6. The Hall–Kier alpha value is -1.73. The number of nitrogens with zero attached hydrogens (tertiary/aromatic N) is 2. The number of aromatic nitrogens is 2. The second-order valence-electron chi connectivity index (χ2n) is 3.19. The molecule has 7 heteroatoms. The molecular formula is C8H9N3O4. The summed E-state index contributed by atoms with van der Waals surface area (Å²) in [6.45, 7) is 1.30. The fourth-order valence-corrected chi connectivity index (χ4v) is 1.40. The highest BCUT2D eigenvalue weighted by Crippen LogP contribution is 2.31. The van der Waals surface area contributed by atoms with Crippen LogP contribution >= 0.6 is 0 Å². The van der Waals surface area contributed by atoms with Crippen LogP contribution in [0.4, 0.5) is 0 Å². The van der Waals surface area contributed by atoms with Crippen LogP contribution in [0.5, 0.6) is 0 Å². The fourth-order valence-electron chi connectivity index (χ4n) is 1.40. The molecule has 0 radical (unpaired) electrons. The Morgan fingerprint density at radius 2 is 2.13 bits per heavy atom. The van der Waals surface area contributed by atoms with Crippen LogP contribution in [0, 0.1) is 0 Å². The molecule has 0 saturated heterocycles. The van der Waals surface area contributed by atoms with Gasteiger partial charge in [-0.3, -0.25) is 4.79 Å². The molecule has 80 valence electrons. The fraction of sp³-hybridized carbons (Fsp3) is 0.375. The smallest absolute Gasteiger partial charge is 0.221 e. The van der Waals surface area contributed by atoms with Gasteiger partial charge in [-0.05, 0) is 6.08 Å². The molecule has 3 N–H and O–H groups in total. The molecule has 0 fully saturated rings. The van der Waals surface area contributed by atoms with Crippen molar-refractivity contribution in [3.63, 3.8) is 0 Å². The molecule has 2 unspecified atom stereocenters. The molecule has 0 bridgehead atoms. The van der Waals surface area contributed by atoms with E-state index in [4.69, 9.17) is 0 Å². The SMILES string of the molecule is CC(=O)NC1=CC(O)c2nonc2C1O. The van der Waals surface area contributed by atoms with Gasteiger partial charge in [0.1, 0.15) is 23.6 Å². The topological polar surface area (TPSA) is 108 Å². The summed E-state index contributed by atoms with van der Waals surface area (Å²) < 4.78 is 4.40. The Labute approximate surface area is 84.4 Å². The lowest BCUT2D eigenvalue weighted by Gasteiger charge is -2.20. The molecule has 15 heavy (non-hydrogen) atoms. The molecule has 0 aliphatic heterocycles. The lowest BCUT2D eigenvalue weighted by atomic mass is 10.00. The van der Waals surface area contributed by atoms with E-state index < -0.39 is 12.2 Å². The van der Waals surface area contributed by atoms with Crippen LogP contribution in [0.25, 0.3) is 0 Å². The van der Waals surface area contributed by atoms with Crippen LogP contribution in [-0.2, 0) is 4.79 Å². The predicted octanol–water partition coefficient (Wildman–Crippen LogP) is -0.830. The van der Waals surface area contributed by atoms with Gasteiger partial charge in [-0.2, -0.15) is 0 Å². The molecule has 7 nitrogen and oxygen atoms in total. The molecule has 0 spiro atoms. The molecule has 1 aromatic heterocycles. The van der Waals surface area contributed by atoms with E-state index >= 15 is 0 Å². The lowest BCUT2D eigenvalue weighted by Crippen LogP contribution is -2.27. The van der Waals surface area contributed by atoms with Gasteiger partial charge in [0.15, 0.2) is 0 Å². The monoisotopic (exact) mass is 211 g/mol. The first-order valence-electron chi connectivity index (χ1n) is 4.27. The summed E-state index contributed by atoms with van der Waals surface area (Å²) in [5.74, 6) is -0.340. The van der Waals surface area contributed by atoms with Crippen molar-refractivity contribution in [2.75, 3.05) is 0 Å². The zero-order valence-electron chi connectivity index (χ0n) is 7.84. The number of rotatable bonds is 1. The van der Waals surface area contributed by atoms with Crippen LogP contribution in [0.2, 0.25) is 0 Å². The third kappa shape index (κ3) is 1.62. The number of aliphatic hydroxyl groups excluding tert-OH is 2. The van der Waals surface area contributed by atoms with Crippen molar-refractivity contribution < 1.29 is 19.6 Å². The maximum absolute atomic E-state index is 10.8. The number of fused-ring (bicyclic) bond motifs is 1. The number of carbonyl (C=O) groups excluding carboxylic acids is 1. The van der Waals surface area contributed by atoms with Crippen molar-refractivity contribution >= 4 is 5.91 Å². The van der Waals surface area contributed by atoms with Crippen LogP contribution in [0.15, 0.2) is 16.4 Å². The summed E-state index contributed by atoms with van der Waals surface area (Å²) >= 11 is 0. The van der Waals surface area contributed by atoms with Crippen molar-refractivity contribution in [2.45, 2.75) is 19.1 Å². The van der Waals surface area contributed by atoms with Crippen molar-refractivity contribution in [3.05, 3.63) is 23.2 Å². The van der Waals surface area contributed by atoms with Crippen LogP contribution in [-0.4, -0.2) is 26.4 Å². The van der Waals surface area contributed by atoms with E-state index in [9.17, 15) is 15.0 Å². The molecular weight excluding hydrogens is 202 g/mol. The molecule has 1 aliphatic rings. The Morgan fingerprint density at radius 3 is 2.80 bits per heavy atom. The van der Waals surface area contributed by atoms with E-state index in [0.717, 1.165) is 0 Å². The summed E-state index contributed by atoms with van der Waals surface area (Å²) in [6, 6.07) is 0. The second-order valence-corrected chi connectivity index (χ2v) is 3.19. The number of amides is 1. The molecule has 2 atom stereocenters. The van der Waals surface area contributed by atoms with E-state index in [1.165, 1.54) is 13.0 Å². The van der Waals surface area contributed by atoms with Gasteiger partial charge in [0, 0.05) is 6.92 Å². The average Bonchev–Trinajstić information content (AvgIpc) is 2.61. The highest BCUT2D eigenvalue weighted by molar-refractivity contribution is 5.75. The van der Waals surface area contributed by atoms with E-state index in [2.05, 4.69) is 20.3 Å². The van der Waals surface area contributed by atoms with Crippen molar-refractivity contribution in [2.24, 2.45) is 0 Å². The first kappa shape index (κ1) is 9.81. The van der Waals surface area contributed by atoms with E-state index in [0.29, 0.717) is 0 Å². The minimum Gasteiger partial charge on any atom is -0.382 e. The largest absolute Gasteiger partial charge is 0.382 e. The summed E-state index contributed by atoms with van der Waals surface area (Å²) in [4.78, 5) is 10.8. The van der Waals surface area contributed by atoms with E-state index in [1.54, 1.807) is 0 Å². The van der Waals surface area contributed by atoms with Crippen molar-refractivity contribution in [3.8, 4) is 0 Å². The van der Waals surface area contributed by atoms with Crippen LogP contribution in [0.3, 0.4) is 0 Å². The van der Waals surface area contributed by atoms with Crippen molar-refractivity contribution in [1.82, 2.24) is 15.6 Å². The Kier molecular flexibility index (Phi) is 2.25. The van der Waals surface area contributed by atoms with Crippen LogP contribution < -0.4 is 5.32 Å². The summed E-state index contributed by atoms with van der Waals surface area (Å²) in [5.41, 5.74) is 0.462. The van der Waals surface area contributed by atoms with Gasteiger partial charge in [-0.15, -0.1) is 0 Å². The van der Waals surface area contributed by atoms with Gasteiger partial charge in [-0.25, -0.2) is 4.63 Å². The Morgan fingerprint density at radius 1 is 1.47 bits per heavy atom. The van der Waals surface area contributed by atoms with Gasteiger partial charge in [0.25, 0.3) is 0 Å². The Bertz CT molecular complexity index is 425. The Balaban J connectivity index is 2.33. The first-order valence-corrected chi connectivity index (χ1v) is 4.27. The van der Waals surface area contributed by atoms with Gasteiger partial charge in [0.05, 0.1) is 5.70 Å². The summed E-state index contributed by atoms with van der Waals surface area (Å²) in [7, 11) is 0. The molecule has 0 saturated carbocycles. The second kappa shape index (κ2) is 3.44. The number of hydrogen-bond acceptors (Lipinski definition) is 6. The quantitative estimate of drug-likeness (QED) is 0.559. The number of hydrogen-bond donors (Lipinski definition) is 3. The minimum atomic E-state index is -1.13. The minimum absolute atomic E-state index is 0.119. The van der Waals surface area contributed by atoms with Gasteiger partial charge in [0.2, 0.25) is 5.91 Å². The number of carbonyl (C=O) groups is 1. The molecule has 0 aromatic carbocycles. The molecule has 1 amide bonds.